The molecule has 9 heteroatoms. The van der Waals surface area contributed by atoms with Gasteiger partial charge in [0.15, 0.2) is 0 Å². The minimum Gasteiger partial charge on any atom is -0.467 e. The molecule has 2 aliphatic heterocycles. The Morgan fingerprint density at radius 2 is 1.83 bits per heavy atom. The van der Waals surface area contributed by atoms with Gasteiger partial charge in [0.1, 0.15) is 18.2 Å². The van der Waals surface area contributed by atoms with Crippen LogP contribution in [0.25, 0.3) is 0 Å². The van der Waals surface area contributed by atoms with Crippen LogP contribution in [-0.2, 0) is 38.0 Å². The Bertz CT molecular complexity index is 500. The largest absolute Gasteiger partial charge is 0.467 e. The van der Waals surface area contributed by atoms with Crippen LogP contribution in [0.3, 0.4) is 0 Å². The molecule has 2 fully saturated rings. The maximum atomic E-state index is 13.0. The monoisotopic (exact) mass is 347 g/mol. The first-order valence-electron chi connectivity index (χ1n) is 7.54. The number of nitrogens with zero attached hydrogens (tertiary/aromatic N) is 1. The van der Waals surface area contributed by atoms with Crippen molar-refractivity contribution >= 4 is 11.9 Å². The maximum Gasteiger partial charge on any atom is 0.328 e. The summed E-state index contributed by atoms with van der Waals surface area (Å²) in [6.07, 6.45) is -1.16. The molecule has 0 radical (unpaired) electrons. The van der Waals surface area contributed by atoms with Crippen LogP contribution in [-0.4, -0.2) is 95.6 Å². The molecule has 5 unspecified atom stereocenters. The molecule has 0 aromatic carbocycles. The third-order valence-electron chi connectivity index (χ3n) is 5.03. The van der Waals surface area contributed by atoms with Gasteiger partial charge in [0, 0.05) is 41.9 Å². The summed E-state index contributed by atoms with van der Waals surface area (Å²) in [6, 6.07) is -0.808. The van der Waals surface area contributed by atoms with Crippen molar-refractivity contribution in [2.24, 2.45) is 0 Å². The summed E-state index contributed by atoms with van der Waals surface area (Å²) in [5, 5.41) is 0. The van der Waals surface area contributed by atoms with Gasteiger partial charge < -0.3 is 33.3 Å². The highest BCUT2D eigenvalue weighted by Crippen LogP contribution is 2.48. The van der Waals surface area contributed by atoms with Crippen molar-refractivity contribution in [1.29, 1.82) is 0 Å². The summed E-state index contributed by atoms with van der Waals surface area (Å²) >= 11 is 0. The third kappa shape index (κ3) is 2.34. The highest BCUT2D eigenvalue weighted by molar-refractivity contribution is 5.95. The Morgan fingerprint density at radius 1 is 1.17 bits per heavy atom. The molecule has 138 valence electrons. The first kappa shape index (κ1) is 19.1. The highest BCUT2D eigenvalue weighted by atomic mass is 16.8. The van der Waals surface area contributed by atoms with Crippen molar-refractivity contribution in [2.45, 2.75) is 36.1 Å². The predicted octanol–water partition coefficient (Wildman–Crippen LogP) is -0.822. The molecule has 0 aromatic rings. The van der Waals surface area contributed by atoms with E-state index in [9.17, 15) is 9.59 Å². The molecule has 9 nitrogen and oxygen atoms in total. The van der Waals surface area contributed by atoms with Gasteiger partial charge in [-0.05, 0) is 0 Å². The molecular formula is C15H25NO8. The number of likely N-dealkylation sites (tertiary alicyclic amines) is 1. The second-order valence-electron chi connectivity index (χ2n) is 5.80. The standard InChI is InChI=1S/C15H25NO8/c1-16-9(12(17)21-4)7-14(22-5,13(16)18)15(23-6)11(20-3)10(19-2)8-24-15/h9-11H,7-8H2,1-6H3. The van der Waals surface area contributed by atoms with E-state index in [0.717, 1.165) is 0 Å². The maximum absolute atomic E-state index is 13.0. The van der Waals surface area contributed by atoms with E-state index in [2.05, 4.69) is 0 Å². The van der Waals surface area contributed by atoms with Gasteiger partial charge in [-0.15, -0.1) is 0 Å². The van der Waals surface area contributed by atoms with Crippen molar-refractivity contribution in [3.63, 3.8) is 0 Å². The first-order valence-corrected chi connectivity index (χ1v) is 7.54. The van der Waals surface area contributed by atoms with Gasteiger partial charge in [-0.3, -0.25) is 4.79 Å². The Balaban J connectivity index is 2.51. The molecule has 2 aliphatic rings. The number of hydrogen-bond donors (Lipinski definition) is 0. The number of carbonyl (C=O) groups is 2. The molecule has 2 rings (SSSR count). The second-order valence-corrected chi connectivity index (χ2v) is 5.80. The number of carbonyl (C=O) groups excluding carboxylic acids is 2. The van der Waals surface area contributed by atoms with Crippen LogP contribution in [0, 0.1) is 0 Å². The van der Waals surface area contributed by atoms with Crippen LogP contribution in [0.15, 0.2) is 0 Å². The zero-order chi connectivity index (χ0) is 18.1. The summed E-state index contributed by atoms with van der Waals surface area (Å²) in [5.41, 5.74) is -1.57. The number of esters is 1. The lowest BCUT2D eigenvalue weighted by atomic mass is 9.84. The van der Waals surface area contributed by atoms with Crippen molar-refractivity contribution in [1.82, 2.24) is 4.90 Å². The van der Waals surface area contributed by atoms with Crippen LogP contribution >= 0.6 is 0 Å². The molecule has 0 saturated carbocycles. The van der Waals surface area contributed by atoms with Crippen LogP contribution in [0.1, 0.15) is 6.42 Å². The van der Waals surface area contributed by atoms with Gasteiger partial charge in [0.05, 0.1) is 13.7 Å². The van der Waals surface area contributed by atoms with Gasteiger partial charge in [-0.25, -0.2) is 4.79 Å². The van der Waals surface area contributed by atoms with Crippen LogP contribution in [0.2, 0.25) is 0 Å². The molecule has 0 N–H and O–H groups in total. The normalized spacial score (nSPS) is 39.5. The Kier molecular flexibility index (Phi) is 5.50. The zero-order valence-electron chi connectivity index (χ0n) is 14.9. The highest BCUT2D eigenvalue weighted by Gasteiger charge is 2.73. The molecule has 24 heavy (non-hydrogen) atoms. The molecule has 0 aromatic heterocycles. The van der Waals surface area contributed by atoms with E-state index >= 15 is 0 Å². The summed E-state index contributed by atoms with van der Waals surface area (Å²) in [7, 11) is 8.56. The van der Waals surface area contributed by atoms with E-state index in [0.29, 0.717) is 0 Å². The van der Waals surface area contributed by atoms with E-state index in [1.54, 1.807) is 0 Å². The fourth-order valence-electron chi connectivity index (χ4n) is 3.71. The fraction of sp³-hybridized carbons (Fsp3) is 0.867. The van der Waals surface area contributed by atoms with Crippen molar-refractivity contribution in [3.05, 3.63) is 0 Å². The Hall–Kier alpha value is -1.26. The van der Waals surface area contributed by atoms with E-state index in [1.165, 1.54) is 47.5 Å². The summed E-state index contributed by atoms with van der Waals surface area (Å²) in [4.78, 5) is 26.4. The smallest absolute Gasteiger partial charge is 0.328 e. The number of amides is 1. The average molecular weight is 347 g/mol. The number of rotatable bonds is 6. The van der Waals surface area contributed by atoms with E-state index in [1.807, 2.05) is 0 Å². The summed E-state index contributed by atoms with van der Waals surface area (Å²) < 4.78 is 32.8. The number of likely N-dealkylation sites (N-methyl/N-ethyl adjacent to an activating group) is 1. The molecule has 2 saturated heterocycles. The van der Waals surface area contributed by atoms with Gasteiger partial charge >= 0.3 is 5.97 Å². The zero-order valence-corrected chi connectivity index (χ0v) is 14.9. The van der Waals surface area contributed by atoms with Gasteiger partial charge in [-0.2, -0.15) is 0 Å². The lowest BCUT2D eigenvalue weighted by Gasteiger charge is -2.44. The molecule has 0 spiro atoms. The van der Waals surface area contributed by atoms with Gasteiger partial charge in [0.2, 0.25) is 11.4 Å². The van der Waals surface area contributed by atoms with Gasteiger partial charge in [0.25, 0.3) is 5.91 Å². The fourth-order valence-corrected chi connectivity index (χ4v) is 3.71. The molecule has 5 atom stereocenters. The van der Waals surface area contributed by atoms with Crippen molar-refractivity contribution in [2.75, 3.05) is 49.2 Å². The molecule has 0 bridgehead atoms. The quantitative estimate of drug-likeness (QED) is 0.576. The van der Waals surface area contributed by atoms with E-state index in [-0.39, 0.29) is 13.0 Å². The minimum atomic E-state index is -1.57. The van der Waals surface area contributed by atoms with Gasteiger partial charge in [-0.1, -0.05) is 0 Å². The Labute approximate surface area is 141 Å². The molecule has 2 heterocycles. The predicted molar refractivity (Wildman–Crippen MR) is 80.2 cm³/mol. The number of methoxy groups -OCH3 is 5. The van der Waals surface area contributed by atoms with Crippen molar-refractivity contribution < 1.29 is 38.0 Å². The molecule has 0 aliphatic carbocycles. The lowest BCUT2D eigenvalue weighted by Crippen LogP contribution is -2.66. The number of hydrogen-bond acceptors (Lipinski definition) is 8. The van der Waals surface area contributed by atoms with E-state index < -0.39 is 41.5 Å². The number of ether oxygens (including phenoxy) is 6. The average Bonchev–Trinajstić information content (AvgIpc) is 3.11. The topological polar surface area (TPSA) is 92.8 Å². The molecule has 1 amide bonds. The molecular weight excluding hydrogens is 322 g/mol. The van der Waals surface area contributed by atoms with Crippen LogP contribution in [0.4, 0.5) is 0 Å². The van der Waals surface area contributed by atoms with Crippen LogP contribution in [0.5, 0.6) is 0 Å². The third-order valence-corrected chi connectivity index (χ3v) is 5.03. The van der Waals surface area contributed by atoms with Crippen LogP contribution < -0.4 is 0 Å². The first-order chi connectivity index (χ1) is 11.4. The van der Waals surface area contributed by atoms with Crippen molar-refractivity contribution in [3.8, 4) is 0 Å². The SMILES string of the molecule is COC(=O)C1CC(OC)(C2(OC)OCC(OC)C2OC)C(=O)N1C. The summed E-state index contributed by atoms with van der Waals surface area (Å²) in [6.45, 7) is 0.161. The second kappa shape index (κ2) is 6.93. The van der Waals surface area contributed by atoms with E-state index in [4.69, 9.17) is 28.4 Å². The minimum absolute atomic E-state index is 0.00956. The summed E-state index contributed by atoms with van der Waals surface area (Å²) in [5.74, 6) is -2.53. The Morgan fingerprint density at radius 3 is 2.29 bits per heavy atom. The lowest BCUT2D eigenvalue weighted by molar-refractivity contribution is -0.317.